The Labute approximate surface area is 234 Å². The van der Waals surface area contributed by atoms with Crippen LogP contribution in [0.2, 0.25) is 0 Å². The van der Waals surface area contributed by atoms with Gasteiger partial charge in [0, 0.05) is 24.7 Å². The fourth-order valence-corrected chi connectivity index (χ4v) is 6.16. The first-order valence-electron chi connectivity index (χ1n) is 13.3. The summed E-state index contributed by atoms with van der Waals surface area (Å²) in [7, 11) is 0. The number of aromatic nitrogens is 2. The zero-order valence-electron chi connectivity index (χ0n) is 22.5. The van der Waals surface area contributed by atoms with Crippen molar-refractivity contribution in [2.75, 3.05) is 19.7 Å². The van der Waals surface area contributed by atoms with Crippen molar-refractivity contribution in [3.05, 3.63) is 57.5 Å². The molecule has 0 saturated carbocycles. The van der Waals surface area contributed by atoms with E-state index in [2.05, 4.69) is 50.0 Å². The highest BCUT2D eigenvalue weighted by Crippen LogP contribution is 2.42. The molecule has 9 N–H and O–H groups in total. The molecule has 2 amide bonds. The predicted octanol–water partition coefficient (Wildman–Crippen LogP) is -2.29. The molecule has 6 rings (SSSR count). The second-order valence-corrected chi connectivity index (χ2v) is 11.3. The van der Waals surface area contributed by atoms with Crippen LogP contribution in [0.5, 0.6) is 5.75 Å². The molecule has 15 heteroatoms. The number of nitrogens with zero attached hydrogens (tertiary/aromatic N) is 4. The molecule has 2 aromatic rings. The number of carbonyl (C=O) groups excluding carboxylic acids is 2. The number of para-hydroxylation sites is 1. The molecule has 0 aliphatic carbocycles. The summed E-state index contributed by atoms with van der Waals surface area (Å²) in [5, 5.41) is 26.4. The van der Waals surface area contributed by atoms with Crippen molar-refractivity contribution in [1.29, 1.82) is 0 Å². The SMILES string of the molecule is CC1(C)CCOc2c(C(=O)N[C@@H]3CN4C(N)=N[C@@H](CNC(=O)c5ccc(=O)[nH]n5)C5N=C(N)NC54[C@@H]3O)cccc21. The first kappa shape index (κ1) is 26.6. The maximum absolute atomic E-state index is 13.5. The molecule has 1 aromatic heterocycles. The van der Waals surface area contributed by atoms with Crippen LogP contribution in [-0.4, -0.2) is 93.5 Å². The lowest BCUT2D eigenvalue weighted by Crippen LogP contribution is -2.73. The number of nitrogens with one attached hydrogen (secondary N) is 4. The van der Waals surface area contributed by atoms with Crippen LogP contribution >= 0.6 is 0 Å². The molecule has 0 bridgehead atoms. The van der Waals surface area contributed by atoms with E-state index in [0.29, 0.717) is 17.9 Å². The van der Waals surface area contributed by atoms with E-state index in [0.717, 1.165) is 12.0 Å². The van der Waals surface area contributed by atoms with Crippen molar-refractivity contribution in [1.82, 2.24) is 31.0 Å². The standard InChI is InChI=1S/C26H32N10O5/c1-25(2)8-9-41-18-12(4-3-5-13(18)25)21(39)30-16-11-36-24(28)31-15(19-26(36,20(16)38)33-23(27)32-19)10-29-22(40)14-6-7-17(37)35-34-14/h3-7,15-16,19-20,38H,8-11H2,1-2H3,(H2,28,31)(H,29,40)(H,30,39)(H,35,37)(H3,27,32,33)/t15-,16+,19?,20+,26?/m0/s1. The fourth-order valence-electron chi connectivity index (χ4n) is 6.16. The van der Waals surface area contributed by atoms with Gasteiger partial charge in [-0.05, 0) is 24.0 Å². The van der Waals surface area contributed by atoms with Crippen LogP contribution in [0.3, 0.4) is 0 Å². The smallest absolute Gasteiger partial charge is 0.271 e. The van der Waals surface area contributed by atoms with Crippen LogP contribution in [0.25, 0.3) is 0 Å². The molecule has 1 spiro atoms. The van der Waals surface area contributed by atoms with Gasteiger partial charge in [-0.2, -0.15) is 5.10 Å². The van der Waals surface area contributed by atoms with E-state index in [-0.39, 0.29) is 36.1 Å². The van der Waals surface area contributed by atoms with Crippen LogP contribution in [0, 0.1) is 0 Å². The lowest BCUT2D eigenvalue weighted by atomic mass is 9.79. The molecule has 0 radical (unpaired) electrons. The monoisotopic (exact) mass is 564 g/mol. The van der Waals surface area contributed by atoms with Crippen molar-refractivity contribution in [3.63, 3.8) is 0 Å². The zero-order valence-corrected chi connectivity index (χ0v) is 22.5. The second-order valence-electron chi connectivity index (χ2n) is 11.3. The third kappa shape index (κ3) is 4.23. The maximum Gasteiger partial charge on any atom is 0.271 e. The number of carbonyl (C=O) groups is 2. The van der Waals surface area contributed by atoms with E-state index < -0.39 is 47.3 Å². The Morgan fingerprint density at radius 1 is 1.20 bits per heavy atom. The second kappa shape index (κ2) is 9.47. The molecular formula is C26H32N10O5. The summed E-state index contributed by atoms with van der Waals surface area (Å²) in [6, 6.07) is 5.77. The number of benzene rings is 1. The van der Waals surface area contributed by atoms with Crippen molar-refractivity contribution >= 4 is 23.7 Å². The molecule has 216 valence electrons. The third-order valence-corrected chi connectivity index (χ3v) is 8.32. The van der Waals surface area contributed by atoms with Gasteiger partial charge >= 0.3 is 0 Å². The molecule has 15 nitrogen and oxygen atoms in total. The van der Waals surface area contributed by atoms with E-state index in [1.807, 2.05) is 12.1 Å². The Hall–Kier alpha value is -4.66. The van der Waals surface area contributed by atoms with Gasteiger partial charge in [0.2, 0.25) is 0 Å². The third-order valence-electron chi connectivity index (χ3n) is 8.32. The van der Waals surface area contributed by atoms with E-state index in [4.69, 9.17) is 16.2 Å². The predicted molar refractivity (Wildman–Crippen MR) is 147 cm³/mol. The van der Waals surface area contributed by atoms with Gasteiger partial charge in [0.1, 0.15) is 23.6 Å². The van der Waals surface area contributed by atoms with Gasteiger partial charge in [0.25, 0.3) is 17.4 Å². The van der Waals surface area contributed by atoms with Crippen molar-refractivity contribution in [2.24, 2.45) is 21.5 Å². The van der Waals surface area contributed by atoms with Gasteiger partial charge in [0.05, 0.1) is 24.3 Å². The highest BCUT2D eigenvalue weighted by atomic mass is 16.5. The number of nitrogens with two attached hydrogens (primary N) is 2. The summed E-state index contributed by atoms with van der Waals surface area (Å²) >= 11 is 0. The Morgan fingerprint density at radius 3 is 2.76 bits per heavy atom. The number of aliphatic hydroxyl groups is 1. The Balaban J connectivity index is 1.23. The van der Waals surface area contributed by atoms with Gasteiger partial charge in [-0.1, -0.05) is 26.0 Å². The Kier molecular flexibility index (Phi) is 6.13. The number of aliphatic hydroxyl groups excluding tert-OH is 1. The van der Waals surface area contributed by atoms with Crippen LogP contribution in [0.4, 0.5) is 0 Å². The molecular weight excluding hydrogens is 532 g/mol. The first-order valence-corrected chi connectivity index (χ1v) is 13.3. The molecule has 4 aliphatic rings. The number of hydrogen-bond acceptors (Lipinski definition) is 12. The molecule has 2 unspecified atom stereocenters. The number of hydrogen-bond donors (Lipinski definition) is 7. The average molecular weight is 565 g/mol. The van der Waals surface area contributed by atoms with E-state index in [1.165, 1.54) is 12.1 Å². The van der Waals surface area contributed by atoms with Crippen LogP contribution in [0.15, 0.2) is 45.1 Å². The number of amides is 2. The van der Waals surface area contributed by atoms with Crippen molar-refractivity contribution in [2.45, 2.75) is 55.6 Å². The van der Waals surface area contributed by atoms with Crippen LogP contribution in [-0.2, 0) is 5.41 Å². The van der Waals surface area contributed by atoms with Gasteiger partial charge in [-0.15, -0.1) is 0 Å². The van der Waals surface area contributed by atoms with E-state index in [9.17, 15) is 19.5 Å². The summed E-state index contributed by atoms with van der Waals surface area (Å²) in [5.41, 5.74) is 11.9. The molecule has 1 fully saturated rings. The summed E-state index contributed by atoms with van der Waals surface area (Å²) in [6.07, 6.45) is -0.369. The normalized spacial score (nSPS) is 29.1. The molecule has 5 heterocycles. The number of rotatable bonds is 5. The average Bonchev–Trinajstić information content (AvgIpc) is 3.43. The highest BCUT2D eigenvalue weighted by molar-refractivity contribution is 5.98. The molecule has 1 saturated heterocycles. The number of ether oxygens (including phenoxy) is 1. The van der Waals surface area contributed by atoms with Gasteiger partial charge in [0.15, 0.2) is 17.6 Å². The first-order chi connectivity index (χ1) is 19.5. The molecule has 41 heavy (non-hydrogen) atoms. The summed E-state index contributed by atoms with van der Waals surface area (Å²) in [6.45, 7) is 4.85. The highest BCUT2D eigenvalue weighted by Gasteiger charge is 2.65. The number of aliphatic imine (C=N–C) groups is 2. The molecule has 1 aromatic carbocycles. The lowest BCUT2D eigenvalue weighted by molar-refractivity contribution is 0.0143. The summed E-state index contributed by atoms with van der Waals surface area (Å²) in [4.78, 5) is 48.1. The Morgan fingerprint density at radius 2 is 2.00 bits per heavy atom. The number of H-pyrrole nitrogens is 1. The largest absolute Gasteiger partial charge is 0.492 e. The van der Waals surface area contributed by atoms with E-state index in [1.54, 1.807) is 11.0 Å². The van der Waals surface area contributed by atoms with Gasteiger partial charge in [-0.3, -0.25) is 14.4 Å². The number of guanidine groups is 2. The summed E-state index contributed by atoms with van der Waals surface area (Å²) < 4.78 is 5.92. The topological polar surface area (TPSA) is 225 Å². The zero-order chi connectivity index (χ0) is 29.1. The van der Waals surface area contributed by atoms with Crippen LogP contribution in [0.1, 0.15) is 46.7 Å². The minimum atomic E-state index is -1.30. The minimum absolute atomic E-state index is 0.00786. The van der Waals surface area contributed by atoms with E-state index >= 15 is 0 Å². The number of fused-ring (bicyclic) bond motifs is 1. The van der Waals surface area contributed by atoms with Crippen molar-refractivity contribution in [3.8, 4) is 5.75 Å². The molecule has 5 atom stereocenters. The lowest BCUT2D eigenvalue weighted by Gasteiger charge is -2.46. The van der Waals surface area contributed by atoms with Crippen molar-refractivity contribution < 1.29 is 19.4 Å². The fraction of sp³-hybridized carbons (Fsp3) is 0.462. The maximum atomic E-state index is 13.5. The Bertz CT molecular complexity index is 1520. The van der Waals surface area contributed by atoms with Gasteiger partial charge < -0.3 is 42.2 Å². The summed E-state index contributed by atoms with van der Waals surface area (Å²) in [5.74, 6) is -0.220. The number of aromatic amines is 1. The molecule has 4 aliphatic heterocycles. The van der Waals surface area contributed by atoms with Crippen LogP contribution < -0.4 is 37.7 Å². The minimum Gasteiger partial charge on any atom is -0.492 e. The quantitative estimate of drug-likeness (QED) is 0.206. The van der Waals surface area contributed by atoms with Gasteiger partial charge in [-0.25, -0.2) is 15.1 Å².